The number of aliphatic hydroxyl groups is 2. The van der Waals surface area contributed by atoms with Crippen molar-refractivity contribution in [3.63, 3.8) is 0 Å². The van der Waals surface area contributed by atoms with E-state index in [9.17, 15) is 15.0 Å². The molecule has 0 bridgehead atoms. The molecule has 4 nitrogen and oxygen atoms in total. The van der Waals surface area contributed by atoms with E-state index in [-0.39, 0.29) is 12.5 Å². The highest BCUT2D eigenvalue weighted by Gasteiger charge is 2.17. The van der Waals surface area contributed by atoms with Crippen LogP contribution in [0.3, 0.4) is 0 Å². The molecule has 0 saturated carbocycles. The van der Waals surface area contributed by atoms with E-state index >= 15 is 0 Å². The number of allylic oxidation sites excluding steroid dienone is 7. The lowest BCUT2D eigenvalue weighted by Crippen LogP contribution is -2.45. The highest BCUT2D eigenvalue weighted by molar-refractivity contribution is 5.76. The first kappa shape index (κ1) is 50.4. The summed E-state index contributed by atoms with van der Waals surface area (Å²) < 4.78 is 0. The molecule has 4 heteroatoms. The zero-order valence-electron chi connectivity index (χ0n) is 34.8. The first-order valence-corrected chi connectivity index (χ1v) is 22.9. The molecule has 0 aromatic heterocycles. The molecule has 2 unspecified atom stereocenters. The van der Waals surface area contributed by atoms with Crippen LogP contribution in [-0.4, -0.2) is 34.9 Å². The van der Waals surface area contributed by atoms with Gasteiger partial charge < -0.3 is 15.5 Å². The van der Waals surface area contributed by atoms with Crippen molar-refractivity contribution in [2.45, 2.75) is 244 Å². The van der Waals surface area contributed by atoms with E-state index in [0.29, 0.717) is 6.42 Å². The van der Waals surface area contributed by atoms with Crippen LogP contribution >= 0.6 is 0 Å². The van der Waals surface area contributed by atoms with Crippen molar-refractivity contribution < 1.29 is 15.0 Å². The second-order valence-electron chi connectivity index (χ2n) is 15.4. The molecule has 3 N–H and O–H groups in total. The van der Waals surface area contributed by atoms with Crippen molar-refractivity contribution in [2.24, 2.45) is 0 Å². The number of rotatable bonds is 41. The van der Waals surface area contributed by atoms with E-state index in [2.05, 4.69) is 55.6 Å². The van der Waals surface area contributed by atoms with Crippen molar-refractivity contribution >= 4 is 5.91 Å². The van der Waals surface area contributed by atoms with Crippen LogP contribution in [0.1, 0.15) is 232 Å². The molecule has 0 spiro atoms. The zero-order chi connectivity index (χ0) is 37.8. The Labute approximate surface area is 324 Å². The minimum Gasteiger partial charge on any atom is -0.394 e. The number of carbonyl (C=O) groups is 1. The van der Waals surface area contributed by atoms with Gasteiger partial charge in [0.25, 0.3) is 0 Å². The van der Waals surface area contributed by atoms with Gasteiger partial charge in [-0.05, 0) is 70.6 Å². The van der Waals surface area contributed by atoms with Crippen molar-refractivity contribution in [2.75, 3.05) is 6.61 Å². The van der Waals surface area contributed by atoms with Gasteiger partial charge in [0.1, 0.15) is 0 Å². The fraction of sp³-hybridized carbons (Fsp3) is 0.812. The Morgan fingerprint density at radius 3 is 1.12 bits per heavy atom. The quantitative estimate of drug-likeness (QED) is 0.0434. The average Bonchev–Trinajstić information content (AvgIpc) is 3.15. The number of carbonyl (C=O) groups excluding carboxylic acids is 1. The SMILES string of the molecule is CCCCCCC/C=C/CC/C=C/CC/C=C/C(O)C(CO)NC(=O)CCCCCCCCCCC/C=C\CCCCCCCCCCCCCC. The van der Waals surface area contributed by atoms with E-state index in [0.717, 1.165) is 38.5 Å². The summed E-state index contributed by atoms with van der Waals surface area (Å²) in [5.41, 5.74) is 0. The van der Waals surface area contributed by atoms with Gasteiger partial charge in [-0.25, -0.2) is 0 Å². The third-order valence-electron chi connectivity index (χ3n) is 10.3. The molecule has 304 valence electrons. The van der Waals surface area contributed by atoms with Crippen molar-refractivity contribution in [1.29, 1.82) is 0 Å². The molecule has 0 radical (unpaired) electrons. The smallest absolute Gasteiger partial charge is 0.220 e. The molecule has 52 heavy (non-hydrogen) atoms. The van der Waals surface area contributed by atoms with Crippen LogP contribution in [0.15, 0.2) is 48.6 Å². The molecule has 0 aliphatic heterocycles. The number of amides is 1. The Morgan fingerprint density at radius 2 is 0.750 bits per heavy atom. The molecule has 0 heterocycles. The first-order valence-electron chi connectivity index (χ1n) is 22.9. The van der Waals surface area contributed by atoms with Gasteiger partial charge in [-0.1, -0.05) is 204 Å². The molecule has 0 fully saturated rings. The Kier molecular flexibility index (Phi) is 42.4. The van der Waals surface area contributed by atoms with E-state index in [1.165, 1.54) is 173 Å². The average molecular weight is 728 g/mol. The normalized spacial score (nSPS) is 13.4. The second-order valence-corrected chi connectivity index (χ2v) is 15.4. The number of nitrogens with one attached hydrogen (secondary N) is 1. The lowest BCUT2D eigenvalue weighted by atomic mass is 10.0. The largest absolute Gasteiger partial charge is 0.394 e. The predicted molar refractivity (Wildman–Crippen MR) is 230 cm³/mol. The summed E-state index contributed by atoms with van der Waals surface area (Å²) in [5.74, 6) is -0.0805. The Balaban J connectivity index is 3.58. The molecule has 0 rings (SSSR count). The highest BCUT2D eigenvalue weighted by Crippen LogP contribution is 2.14. The van der Waals surface area contributed by atoms with Gasteiger partial charge in [-0.3, -0.25) is 4.79 Å². The van der Waals surface area contributed by atoms with Crippen LogP contribution in [-0.2, 0) is 4.79 Å². The second kappa shape index (κ2) is 43.8. The number of hydrogen-bond acceptors (Lipinski definition) is 3. The van der Waals surface area contributed by atoms with Crippen LogP contribution < -0.4 is 5.32 Å². The summed E-state index contributed by atoms with van der Waals surface area (Å²) >= 11 is 0. The monoisotopic (exact) mass is 728 g/mol. The number of aliphatic hydroxyl groups excluding tert-OH is 2. The van der Waals surface area contributed by atoms with Gasteiger partial charge in [-0.15, -0.1) is 0 Å². The van der Waals surface area contributed by atoms with Crippen molar-refractivity contribution in [3.05, 3.63) is 48.6 Å². The Hall–Kier alpha value is -1.65. The molecular weight excluding hydrogens is 639 g/mol. The standard InChI is InChI=1S/C48H89NO3/c1-3-5-7-9-11-13-15-17-19-20-21-22-23-24-25-26-27-28-30-32-34-36-38-40-42-44-48(52)49-46(45-50)47(51)43-41-39-37-35-33-31-29-18-16-14-12-10-8-6-4-2/h16,18,24-25,33,35,41,43,46-47,50-51H,3-15,17,19-23,26-32,34,36-40,42,44-45H2,1-2H3,(H,49,52)/b18-16+,25-24-,35-33+,43-41+. The third-order valence-corrected chi connectivity index (χ3v) is 10.3. The summed E-state index contributed by atoms with van der Waals surface area (Å²) in [6.07, 6.45) is 59.4. The minimum atomic E-state index is -0.870. The predicted octanol–water partition coefficient (Wildman–Crippen LogP) is 14.4. The Bertz CT molecular complexity index is 831. The van der Waals surface area contributed by atoms with Gasteiger partial charge in [0.2, 0.25) is 5.91 Å². The van der Waals surface area contributed by atoms with E-state index in [4.69, 9.17) is 0 Å². The van der Waals surface area contributed by atoms with Gasteiger partial charge in [0, 0.05) is 6.42 Å². The summed E-state index contributed by atoms with van der Waals surface area (Å²) in [6.45, 7) is 4.28. The maximum Gasteiger partial charge on any atom is 0.220 e. The van der Waals surface area contributed by atoms with Crippen LogP contribution in [0.2, 0.25) is 0 Å². The Morgan fingerprint density at radius 1 is 0.442 bits per heavy atom. The summed E-state index contributed by atoms with van der Waals surface area (Å²) in [5, 5.41) is 23.0. The number of hydrogen-bond donors (Lipinski definition) is 3. The maximum absolute atomic E-state index is 12.4. The zero-order valence-corrected chi connectivity index (χ0v) is 34.8. The van der Waals surface area contributed by atoms with Crippen molar-refractivity contribution in [3.8, 4) is 0 Å². The molecule has 1 amide bonds. The molecule has 0 aromatic carbocycles. The fourth-order valence-corrected chi connectivity index (χ4v) is 6.73. The van der Waals surface area contributed by atoms with Crippen molar-refractivity contribution in [1.82, 2.24) is 5.32 Å². The molecular formula is C48H89NO3. The fourth-order valence-electron chi connectivity index (χ4n) is 6.73. The van der Waals surface area contributed by atoms with Gasteiger partial charge in [0.05, 0.1) is 18.8 Å². The van der Waals surface area contributed by atoms with Crippen LogP contribution in [0.5, 0.6) is 0 Å². The third kappa shape index (κ3) is 39.6. The highest BCUT2D eigenvalue weighted by atomic mass is 16.3. The summed E-state index contributed by atoms with van der Waals surface area (Å²) in [4.78, 5) is 12.4. The number of unbranched alkanes of at least 4 members (excludes halogenated alkanes) is 28. The molecule has 0 aromatic rings. The van der Waals surface area contributed by atoms with Gasteiger partial charge in [0.15, 0.2) is 0 Å². The lowest BCUT2D eigenvalue weighted by molar-refractivity contribution is -0.123. The van der Waals surface area contributed by atoms with Crippen LogP contribution in [0.25, 0.3) is 0 Å². The first-order chi connectivity index (χ1) is 25.7. The molecule has 0 aliphatic carbocycles. The molecule has 0 aliphatic rings. The lowest BCUT2D eigenvalue weighted by Gasteiger charge is -2.19. The van der Waals surface area contributed by atoms with E-state index < -0.39 is 12.1 Å². The van der Waals surface area contributed by atoms with Gasteiger partial charge in [-0.2, -0.15) is 0 Å². The van der Waals surface area contributed by atoms with E-state index in [1.807, 2.05) is 6.08 Å². The van der Waals surface area contributed by atoms with E-state index in [1.54, 1.807) is 6.08 Å². The summed E-state index contributed by atoms with van der Waals surface area (Å²) in [6, 6.07) is -0.646. The minimum absolute atomic E-state index is 0.0805. The van der Waals surface area contributed by atoms with Gasteiger partial charge >= 0.3 is 0 Å². The summed E-state index contributed by atoms with van der Waals surface area (Å²) in [7, 11) is 0. The van der Waals surface area contributed by atoms with Crippen LogP contribution in [0, 0.1) is 0 Å². The molecule has 0 saturated heterocycles. The maximum atomic E-state index is 12.4. The molecule has 2 atom stereocenters. The van der Waals surface area contributed by atoms with Crippen LogP contribution in [0.4, 0.5) is 0 Å². The topological polar surface area (TPSA) is 69.6 Å².